The molecule has 0 radical (unpaired) electrons. The first-order chi connectivity index (χ1) is 16.3. The lowest BCUT2D eigenvalue weighted by Gasteiger charge is -2.11. The summed E-state index contributed by atoms with van der Waals surface area (Å²) < 4.78 is 0. The van der Waals surface area contributed by atoms with Gasteiger partial charge in [-0.2, -0.15) is 0 Å². The van der Waals surface area contributed by atoms with Gasteiger partial charge in [0.25, 0.3) is 0 Å². The summed E-state index contributed by atoms with van der Waals surface area (Å²) in [4.78, 5) is 0. The molecule has 4 rings (SSSR count). The standard InChI is InChI=1S/C14H24.C12H10.C4H10.2C2H6/c1-5-6-13-9-8-12(4)14(13)10-7-11(2)3;1-2-6-11-9(4-1)8-10-5-3-7-12(10)11;1-4(2)3;2*1-2/h10-11,13H,4-9H2,1-3H3;1-2,4-7H,3,8H2;4H,1-3H3;2*1-2H3/b14-10+;;;;. The number of hydrogen-bond acceptors (Lipinski definition) is 0. The molecule has 0 saturated heterocycles. The fourth-order valence-corrected chi connectivity index (χ4v) is 4.41. The van der Waals surface area contributed by atoms with Crippen molar-refractivity contribution < 1.29 is 0 Å². The number of rotatable bonds is 4. The lowest BCUT2D eigenvalue weighted by Crippen LogP contribution is -1.97. The monoisotopic (exact) mass is 464 g/mol. The molecule has 0 amide bonds. The van der Waals surface area contributed by atoms with Crippen LogP contribution in [-0.4, -0.2) is 0 Å². The Kier molecular flexibility index (Phi) is 17.5. The predicted octanol–water partition coefficient (Wildman–Crippen LogP) is 11.4. The second-order valence-corrected chi connectivity index (χ2v) is 10.1. The highest BCUT2D eigenvalue weighted by molar-refractivity contribution is 5.87. The zero-order valence-corrected chi connectivity index (χ0v) is 24.4. The topological polar surface area (TPSA) is 0 Å². The summed E-state index contributed by atoms with van der Waals surface area (Å²) in [6.45, 7) is 25.5. The maximum absolute atomic E-state index is 4.18. The molecular weight excluding hydrogens is 408 g/mol. The number of fused-ring (bicyclic) bond motifs is 3. The highest BCUT2D eigenvalue weighted by atomic mass is 14.3. The van der Waals surface area contributed by atoms with E-state index in [1.807, 2.05) is 27.7 Å². The van der Waals surface area contributed by atoms with Gasteiger partial charge in [-0.25, -0.2) is 0 Å². The molecule has 0 aliphatic heterocycles. The summed E-state index contributed by atoms with van der Waals surface area (Å²) in [6, 6.07) is 8.71. The quantitative estimate of drug-likeness (QED) is 0.415. The Hall–Kier alpha value is -1.82. The van der Waals surface area contributed by atoms with E-state index < -0.39 is 0 Å². The Bertz CT molecular complexity index is 779. The van der Waals surface area contributed by atoms with E-state index in [0.29, 0.717) is 0 Å². The highest BCUT2D eigenvalue weighted by Crippen LogP contribution is 2.40. The predicted molar refractivity (Wildman–Crippen MR) is 158 cm³/mol. The molecule has 0 nitrogen and oxygen atoms in total. The van der Waals surface area contributed by atoms with Gasteiger partial charge in [0.15, 0.2) is 0 Å². The van der Waals surface area contributed by atoms with Gasteiger partial charge in [0, 0.05) is 0 Å². The van der Waals surface area contributed by atoms with Crippen molar-refractivity contribution in [2.24, 2.45) is 17.8 Å². The van der Waals surface area contributed by atoms with E-state index in [1.54, 1.807) is 5.57 Å². The van der Waals surface area contributed by atoms with Crippen LogP contribution in [0.4, 0.5) is 0 Å². The molecule has 0 aromatic heterocycles. The second-order valence-electron chi connectivity index (χ2n) is 10.1. The van der Waals surface area contributed by atoms with Crippen molar-refractivity contribution in [2.75, 3.05) is 0 Å². The van der Waals surface area contributed by atoms with Gasteiger partial charge in [-0.05, 0) is 84.1 Å². The van der Waals surface area contributed by atoms with Crippen LogP contribution in [-0.2, 0) is 6.42 Å². The summed E-state index contributed by atoms with van der Waals surface area (Å²) in [5, 5.41) is 0. The fraction of sp³-hybridized carbons (Fsp3) is 0.588. The Labute approximate surface area is 214 Å². The highest BCUT2D eigenvalue weighted by Gasteiger charge is 2.23. The van der Waals surface area contributed by atoms with Crippen LogP contribution in [0.15, 0.2) is 65.8 Å². The van der Waals surface area contributed by atoms with E-state index in [4.69, 9.17) is 0 Å². The van der Waals surface area contributed by atoms with E-state index in [9.17, 15) is 0 Å². The van der Waals surface area contributed by atoms with E-state index in [1.165, 1.54) is 60.0 Å². The van der Waals surface area contributed by atoms with Gasteiger partial charge >= 0.3 is 0 Å². The van der Waals surface area contributed by atoms with E-state index in [2.05, 4.69) is 90.6 Å². The molecule has 0 bridgehead atoms. The first kappa shape index (κ1) is 32.2. The second kappa shape index (κ2) is 18.5. The van der Waals surface area contributed by atoms with Crippen molar-refractivity contribution in [2.45, 2.75) is 114 Å². The van der Waals surface area contributed by atoms with Crippen molar-refractivity contribution in [1.82, 2.24) is 0 Å². The van der Waals surface area contributed by atoms with Gasteiger partial charge in [-0.1, -0.05) is 130 Å². The molecule has 1 aromatic rings. The van der Waals surface area contributed by atoms with Crippen LogP contribution in [0.5, 0.6) is 0 Å². The molecule has 0 heteroatoms. The lowest BCUT2D eigenvalue weighted by molar-refractivity contribution is 0.558. The molecule has 1 atom stereocenters. The molecule has 192 valence electrons. The average molecular weight is 465 g/mol. The van der Waals surface area contributed by atoms with E-state index >= 15 is 0 Å². The van der Waals surface area contributed by atoms with Crippen LogP contribution in [0.25, 0.3) is 5.57 Å². The normalized spacial score (nSPS) is 18.3. The van der Waals surface area contributed by atoms with Crippen molar-refractivity contribution in [3.05, 3.63) is 76.9 Å². The van der Waals surface area contributed by atoms with Gasteiger partial charge < -0.3 is 0 Å². The van der Waals surface area contributed by atoms with Gasteiger partial charge in [-0.15, -0.1) is 0 Å². The van der Waals surface area contributed by atoms with Crippen molar-refractivity contribution in [3.8, 4) is 0 Å². The summed E-state index contributed by atoms with van der Waals surface area (Å²) in [6.07, 6.45) is 15.9. The van der Waals surface area contributed by atoms with Crippen molar-refractivity contribution >= 4 is 5.57 Å². The smallest absolute Gasteiger partial charge is 0.00166 e. The maximum atomic E-state index is 4.18. The van der Waals surface area contributed by atoms with Gasteiger partial charge in [0.2, 0.25) is 0 Å². The van der Waals surface area contributed by atoms with E-state index in [0.717, 1.165) is 30.6 Å². The summed E-state index contributed by atoms with van der Waals surface area (Å²) >= 11 is 0. The molecule has 3 aliphatic carbocycles. The van der Waals surface area contributed by atoms with Crippen LogP contribution in [0.1, 0.15) is 119 Å². The molecule has 1 unspecified atom stereocenters. The van der Waals surface area contributed by atoms with Crippen molar-refractivity contribution in [3.63, 3.8) is 0 Å². The zero-order chi connectivity index (χ0) is 26.1. The van der Waals surface area contributed by atoms with Crippen LogP contribution >= 0.6 is 0 Å². The number of benzene rings is 1. The Morgan fingerprint density at radius 2 is 1.59 bits per heavy atom. The third-order valence-corrected chi connectivity index (χ3v) is 5.81. The van der Waals surface area contributed by atoms with Gasteiger partial charge in [-0.3, -0.25) is 0 Å². The van der Waals surface area contributed by atoms with Crippen molar-refractivity contribution in [1.29, 1.82) is 0 Å². The first-order valence-corrected chi connectivity index (χ1v) is 14.2. The Morgan fingerprint density at radius 1 is 0.971 bits per heavy atom. The van der Waals surface area contributed by atoms with Gasteiger partial charge in [0.1, 0.15) is 0 Å². The summed E-state index contributed by atoms with van der Waals surface area (Å²) in [5.41, 5.74) is 8.97. The lowest BCUT2D eigenvalue weighted by atomic mass is 9.94. The molecule has 1 aromatic carbocycles. The molecule has 34 heavy (non-hydrogen) atoms. The SMILES string of the molecule is C1=C2Cc3ccccc3C2=CC1.C=C1CCC(CCC)/C1=C/CC(C)C.CC.CC.CC(C)C. The molecule has 0 heterocycles. The van der Waals surface area contributed by atoms with Crippen LogP contribution in [0, 0.1) is 17.8 Å². The Morgan fingerprint density at radius 3 is 2.18 bits per heavy atom. The molecule has 0 spiro atoms. The molecule has 1 fully saturated rings. The molecule has 3 aliphatic rings. The number of allylic oxidation sites excluding steroid dienone is 7. The molecule has 0 N–H and O–H groups in total. The maximum Gasteiger partial charge on any atom is -0.00166 e. The minimum absolute atomic E-state index is 0.776. The third-order valence-electron chi connectivity index (χ3n) is 5.81. The summed E-state index contributed by atoms with van der Waals surface area (Å²) in [5.74, 6) is 2.43. The zero-order valence-electron chi connectivity index (χ0n) is 24.4. The molecular formula is C34H56. The summed E-state index contributed by atoms with van der Waals surface area (Å²) in [7, 11) is 0. The van der Waals surface area contributed by atoms with E-state index in [-0.39, 0.29) is 0 Å². The number of hydrogen-bond donors (Lipinski definition) is 0. The van der Waals surface area contributed by atoms with Crippen LogP contribution < -0.4 is 0 Å². The average Bonchev–Trinajstić information content (AvgIpc) is 3.51. The largest absolute Gasteiger partial charge is 0.0956 e. The minimum Gasteiger partial charge on any atom is -0.0956 e. The van der Waals surface area contributed by atoms with Crippen LogP contribution in [0.2, 0.25) is 0 Å². The van der Waals surface area contributed by atoms with Gasteiger partial charge in [0.05, 0.1) is 0 Å². The first-order valence-electron chi connectivity index (χ1n) is 14.2. The van der Waals surface area contributed by atoms with Crippen LogP contribution in [0.3, 0.4) is 0 Å². The molecule has 1 saturated carbocycles. The Balaban J connectivity index is 0.000000495. The fourth-order valence-electron chi connectivity index (χ4n) is 4.41. The minimum atomic E-state index is 0.776. The third kappa shape index (κ3) is 11.1.